The van der Waals surface area contributed by atoms with Crippen LogP contribution in [0.4, 0.5) is 0 Å². The van der Waals surface area contributed by atoms with Crippen molar-refractivity contribution in [1.29, 1.82) is 0 Å². The number of nitrogens with zero attached hydrogens (tertiary/aromatic N) is 3. The fraction of sp³-hybridized carbons (Fsp3) is 0.379. The molecule has 2 aliphatic rings. The van der Waals surface area contributed by atoms with Gasteiger partial charge in [0.25, 0.3) is 5.56 Å². The van der Waals surface area contributed by atoms with E-state index >= 15 is 0 Å². The molecule has 2 atom stereocenters. The van der Waals surface area contributed by atoms with E-state index in [1.165, 1.54) is 0 Å². The molecule has 218 valence electrons. The number of carboxylic acid groups (broad SMARTS) is 2. The normalized spacial score (nSPS) is 17.8. The van der Waals surface area contributed by atoms with E-state index in [1.54, 1.807) is 36.9 Å². The van der Waals surface area contributed by atoms with Gasteiger partial charge in [0.2, 0.25) is 0 Å². The zero-order valence-corrected chi connectivity index (χ0v) is 24.0. The number of likely N-dealkylation sites (tertiary alicyclic amines) is 1. The van der Waals surface area contributed by atoms with Gasteiger partial charge in [-0.05, 0) is 38.5 Å². The molecule has 11 nitrogen and oxygen atoms in total. The maximum atomic E-state index is 13.1. The maximum absolute atomic E-state index is 13.1. The Morgan fingerprint density at radius 2 is 1.85 bits per heavy atom. The van der Waals surface area contributed by atoms with Crippen LogP contribution in [0.1, 0.15) is 28.3 Å². The van der Waals surface area contributed by atoms with Crippen molar-refractivity contribution in [2.24, 2.45) is 5.92 Å². The molecule has 0 amide bonds. The van der Waals surface area contributed by atoms with E-state index in [1.807, 2.05) is 13.8 Å². The number of carbonyl (C=O) groups is 2. The first-order chi connectivity index (χ1) is 19.5. The molecule has 0 aliphatic carbocycles. The Morgan fingerprint density at radius 1 is 1.15 bits per heavy atom. The number of pyridine rings is 1. The summed E-state index contributed by atoms with van der Waals surface area (Å²) in [7, 11) is 3.35. The van der Waals surface area contributed by atoms with E-state index in [4.69, 9.17) is 36.0 Å². The number of hydrogen-bond acceptors (Lipinski definition) is 8. The van der Waals surface area contributed by atoms with Crippen molar-refractivity contribution >= 4 is 29.2 Å². The number of rotatable bonds is 7. The average molecular weight is 586 g/mol. The predicted octanol–water partition coefficient (Wildman–Crippen LogP) is 3.34. The van der Waals surface area contributed by atoms with E-state index in [0.29, 0.717) is 47.7 Å². The smallest absolute Gasteiger partial charge is 0.328 e. The lowest BCUT2D eigenvalue weighted by atomic mass is 9.86. The molecule has 1 saturated heterocycles. The second-order valence-electron chi connectivity index (χ2n) is 9.91. The molecule has 2 aliphatic heterocycles. The Kier molecular flexibility index (Phi) is 9.19. The third kappa shape index (κ3) is 6.47. The lowest BCUT2D eigenvalue weighted by Gasteiger charge is -2.30. The molecule has 1 aromatic carbocycles. The monoisotopic (exact) mass is 585 g/mol. The molecular weight excluding hydrogens is 554 g/mol. The standard InChI is InChI=1S/C25H28ClN3O4.C4H4O4/c1-14-21(31-3)9-19-20-12-28(10-16(20)13-33-24(19)23(14)32-4)8-7-18-15(2)27-22-6-5-17(26)11-29(22)25(18)30;5-3(6)1-2-4(7)8/h5-6,9,11,16,20H,7-8,10,12-13H2,1-4H3;1-2H,(H,5,6)(H,7,8)/b;2-1+/t16-,20-;/m1./s1. The van der Waals surface area contributed by atoms with Gasteiger partial charge in [0.1, 0.15) is 11.4 Å². The van der Waals surface area contributed by atoms with Crippen molar-refractivity contribution in [2.45, 2.75) is 26.2 Å². The summed E-state index contributed by atoms with van der Waals surface area (Å²) in [5.41, 5.74) is 4.18. The molecule has 12 heteroatoms. The summed E-state index contributed by atoms with van der Waals surface area (Å²) in [6.45, 7) is 7.17. The first-order valence-electron chi connectivity index (χ1n) is 13.0. The summed E-state index contributed by atoms with van der Waals surface area (Å²) in [5, 5.41) is 16.1. The van der Waals surface area contributed by atoms with Gasteiger partial charge in [-0.3, -0.25) is 9.20 Å². The summed E-state index contributed by atoms with van der Waals surface area (Å²) >= 11 is 6.10. The van der Waals surface area contributed by atoms with Crippen LogP contribution in [0.25, 0.3) is 5.65 Å². The van der Waals surface area contributed by atoms with Crippen LogP contribution in [-0.2, 0) is 16.0 Å². The van der Waals surface area contributed by atoms with Crippen LogP contribution in [0, 0.1) is 19.8 Å². The van der Waals surface area contributed by atoms with Crippen molar-refractivity contribution in [3.8, 4) is 17.2 Å². The van der Waals surface area contributed by atoms with Gasteiger partial charge in [-0.25, -0.2) is 14.6 Å². The predicted molar refractivity (Wildman–Crippen MR) is 152 cm³/mol. The number of methoxy groups -OCH3 is 2. The Bertz CT molecular complexity index is 1550. The molecule has 0 saturated carbocycles. The van der Waals surface area contributed by atoms with Crippen LogP contribution in [0.5, 0.6) is 17.2 Å². The largest absolute Gasteiger partial charge is 0.496 e. The second-order valence-corrected chi connectivity index (χ2v) is 10.3. The highest BCUT2D eigenvalue weighted by molar-refractivity contribution is 6.30. The van der Waals surface area contributed by atoms with Gasteiger partial charge in [0.05, 0.1) is 25.8 Å². The van der Waals surface area contributed by atoms with Crippen LogP contribution >= 0.6 is 11.6 Å². The molecule has 0 radical (unpaired) electrons. The molecule has 0 unspecified atom stereocenters. The third-order valence-corrected chi connectivity index (χ3v) is 7.60. The minimum absolute atomic E-state index is 0.0461. The van der Waals surface area contributed by atoms with E-state index in [0.717, 1.165) is 59.3 Å². The topological polar surface area (TPSA) is 140 Å². The number of benzene rings is 1. The number of ether oxygens (including phenoxy) is 3. The molecule has 1 fully saturated rings. The number of halogens is 1. The van der Waals surface area contributed by atoms with Crippen LogP contribution in [0.3, 0.4) is 0 Å². The summed E-state index contributed by atoms with van der Waals surface area (Å²) in [6.07, 6.45) is 3.39. The highest BCUT2D eigenvalue weighted by Gasteiger charge is 2.40. The van der Waals surface area contributed by atoms with Crippen molar-refractivity contribution in [1.82, 2.24) is 14.3 Å². The molecule has 3 aromatic rings. The number of hydrogen-bond donors (Lipinski definition) is 2. The molecule has 4 heterocycles. The number of aromatic nitrogens is 2. The Labute approximate surface area is 241 Å². The van der Waals surface area contributed by atoms with Gasteiger partial charge in [0.15, 0.2) is 11.5 Å². The zero-order valence-electron chi connectivity index (χ0n) is 23.2. The molecule has 5 rings (SSSR count). The van der Waals surface area contributed by atoms with E-state index < -0.39 is 11.9 Å². The fourth-order valence-corrected chi connectivity index (χ4v) is 5.59. The summed E-state index contributed by atoms with van der Waals surface area (Å²) in [6, 6.07) is 5.62. The SMILES string of the molecule is COc1cc2c(c(OC)c1C)OC[C@H]1CN(CCc3c(C)nc4ccc(Cl)cn4c3=O)C[C@@H]21.O=C(O)/C=C/C(=O)O. The zero-order chi connectivity index (χ0) is 29.8. The molecule has 41 heavy (non-hydrogen) atoms. The summed E-state index contributed by atoms with van der Waals surface area (Å²) < 4.78 is 19.0. The number of aliphatic carboxylic acids is 2. The number of aryl methyl sites for hydroxylation is 1. The first kappa shape index (κ1) is 29.9. The highest BCUT2D eigenvalue weighted by Crippen LogP contribution is 2.49. The minimum atomic E-state index is -1.26. The van der Waals surface area contributed by atoms with Crippen LogP contribution in [0.15, 0.2) is 41.3 Å². The molecule has 2 aromatic heterocycles. The Morgan fingerprint density at radius 3 is 2.49 bits per heavy atom. The maximum Gasteiger partial charge on any atom is 0.328 e. The highest BCUT2D eigenvalue weighted by atomic mass is 35.5. The van der Waals surface area contributed by atoms with E-state index in [-0.39, 0.29) is 5.56 Å². The minimum Gasteiger partial charge on any atom is -0.496 e. The van der Waals surface area contributed by atoms with Gasteiger partial charge in [-0.1, -0.05) is 11.6 Å². The fourth-order valence-electron chi connectivity index (χ4n) is 5.43. The van der Waals surface area contributed by atoms with Gasteiger partial charge >= 0.3 is 11.9 Å². The van der Waals surface area contributed by atoms with E-state index in [9.17, 15) is 14.4 Å². The van der Waals surface area contributed by atoms with Crippen molar-refractivity contribution in [2.75, 3.05) is 40.5 Å². The van der Waals surface area contributed by atoms with Crippen LogP contribution in [0.2, 0.25) is 5.02 Å². The lowest BCUT2D eigenvalue weighted by molar-refractivity contribution is -0.134. The van der Waals surface area contributed by atoms with Crippen molar-refractivity contribution in [3.05, 3.63) is 74.3 Å². The summed E-state index contributed by atoms with van der Waals surface area (Å²) in [4.78, 5) is 39.2. The Hall–Kier alpha value is -4.09. The quantitative estimate of drug-likeness (QED) is 0.397. The van der Waals surface area contributed by atoms with Gasteiger partial charge in [-0.2, -0.15) is 0 Å². The third-order valence-electron chi connectivity index (χ3n) is 7.38. The van der Waals surface area contributed by atoms with Crippen LogP contribution in [-0.4, -0.2) is 76.9 Å². The van der Waals surface area contributed by atoms with E-state index in [2.05, 4.69) is 16.0 Å². The second kappa shape index (κ2) is 12.6. The first-order valence-corrected chi connectivity index (χ1v) is 13.3. The number of carboxylic acids is 2. The van der Waals surface area contributed by atoms with Gasteiger partial charge < -0.3 is 29.3 Å². The van der Waals surface area contributed by atoms with Gasteiger partial charge in [-0.15, -0.1) is 0 Å². The number of fused-ring (bicyclic) bond motifs is 4. The molecule has 0 spiro atoms. The van der Waals surface area contributed by atoms with Crippen LogP contribution < -0.4 is 19.8 Å². The Balaban J connectivity index is 0.000000426. The lowest BCUT2D eigenvalue weighted by Crippen LogP contribution is -2.28. The van der Waals surface area contributed by atoms with Crippen molar-refractivity contribution < 1.29 is 34.0 Å². The molecule has 0 bridgehead atoms. The average Bonchev–Trinajstić information content (AvgIpc) is 3.36. The summed E-state index contributed by atoms with van der Waals surface area (Å²) in [5.74, 6) is 0.630. The molecule has 2 N–H and O–H groups in total. The van der Waals surface area contributed by atoms with Gasteiger partial charge in [0, 0.05) is 72.2 Å². The molecular formula is C29H32ClN3O8. The van der Waals surface area contributed by atoms with Crippen molar-refractivity contribution in [3.63, 3.8) is 0 Å².